The van der Waals surface area contributed by atoms with E-state index < -0.39 is 29.1 Å². The lowest BCUT2D eigenvalue weighted by molar-refractivity contribution is -0.152. The average Bonchev–Trinajstić information content (AvgIpc) is 3.34. The van der Waals surface area contributed by atoms with Gasteiger partial charge in [0.15, 0.2) is 5.78 Å². The molecule has 1 amide bonds. The molecule has 0 bridgehead atoms. The minimum atomic E-state index is -1.27. The molecule has 3 heterocycles. The fraction of sp³-hybridized carbons (Fsp3) is 0.476. The minimum Gasteiger partial charge on any atom is -0.477 e. The van der Waals surface area contributed by atoms with Crippen LogP contribution in [-0.4, -0.2) is 63.3 Å². The molecule has 8 nitrogen and oxygen atoms in total. The smallest absolute Gasteiger partial charge is 0.352 e. The zero-order chi connectivity index (χ0) is 24.0. The minimum absolute atomic E-state index is 0.0372. The molecule has 2 aliphatic rings. The Balaban J connectivity index is 1.54. The first kappa shape index (κ1) is 25.7. The highest BCUT2D eigenvalue weighted by atomic mass is 32.4. The van der Waals surface area contributed by atoms with Gasteiger partial charge in [0.25, 0.3) is 0 Å². The van der Waals surface area contributed by atoms with Gasteiger partial charge in [0.1, 0.15) is 18.1 Å². The molecule has 1 saturated heterocycles. The molecule has 0 spiro atoms. The van der Waals surface area contributed by atoms with Crippen molar-refractivity contribution in [3.05, 3.63) is 33.7 Å². The number of nitrogens with zero attached hydrogens (tertiary/aromatic N) is 1. The third-order valence-corrected chi connectivity index (χ3v) is 8.55. The normalized spacial score (nSPS) is 19.8. The molecule has 176 valence electrons. The molecular weight excluding hydrogens is 505 g/mol. The number of amides is 1. The van der Waals surface area contributed by atoms with E-state index in [2.05, 4.69) is 0 Å². The van der Waals surface area contributed by atoms with Crippen LogP contribution in [0.1, 0.15) is 41.8 Å². The maximum absolute atomic E-state index is 12.7. The summed E-state index contributed by atoms with van der Waals surface area (Å²) in [6.07, 6.45) is 1.75. The van der Waals surface area contributed by atoms with Gasteiger partial charge in [0, 0.05) is 43.2 Å². The number of thioether (sulfide) groups is 1. The first-order valence-corrected chi connectivity index (χ1v) is 14.3. The summed E-state index contributed by atoms with van der Waals surface area (Å²) in [5.74, 6) is -2.57. The number of hydrogen-bond donors (Lipinski definition) is 1. The molecule has 3 rings (SSSR count). The summed E-state index contributed by atoms with van der Waals surface area (Å²) in [4.78, 5) is 62.4. The van der Waals surface area contributed by atoms with Crippen molar-refractivity contribution < 1.29 is 33.8 Å². The van der Waals surface area contributed by atoms with Crippen LogP contribution in [-0.2, 0) is 35.7 Å². The maximum atomic E-state index is 12.7. The Morgan fingerprint density at radius 3 is 2.70 bits per heavy atom. The molecule has 1 aromatic heterocycles. The fourth-order valence-corrected chi connectivity index (χ4v) is 6.32. The number of aliphatic carboxylic acids is 1. The van der Waals surface area contributed by atoms with Crippen LogP contribution in [0.2, 0.25) is 0 Å². The summed E-state index contributed by atoms with van der Waals surface area (Å²) in [6.45, 7) is -0.231. The van der Waals surface area contributed by atoms with E-state index in [0.717, 1.165) is 7.36 Å². The number of thiophene rings is 1. The summed E-state index contributed by atoms with van der Waals surface area (Å²) in [5, 5.41) is 11.1. The highest BCUT2D eigenvalue weighted by molar-refractivity contribution is 8.00. The molecule has 1 fully saturated rings. The second kappa shape index (κ2) is 12.0. The molecule has 0 saturated carbocycles. The number of ketones is 2. The molecule has 1 N–H and O–H groups in total. The van der Waals surface area contributed by atoms with Gasteiger partial charge in [-0.1, -0.05) is 17.9 Å². The third kappa shape index (κ3) is 6.35. The molecule has 1 aromatic rings. The molecule has 33 heavy (non-hydrogen) atoms. The van der Waals surface area contributed by atoms with E-state index in [4.69, 9.17) is 16.5 Å². The molecule has 2 aliphatic heterocycles. The number of Topliss-reactive ketones (excluding diaryl/α,β-unsaturated/α-hetero) is 2. The van der Waals surface area contributed by atoms with Gasteiger partial charge in [-0.15, -0.1) is 23.1 Å². The van der Waals surface area contributed by atoms with Crippen molar-refractivity contribution in [3.63, 3.8) is 0 Å². The maximum Gasteiger partial charge on any atom is 0.352 e. The number of hydrogen-bond acceptors (Lipinski definition) is 9. The van der Waals surface area contributed by atoms with E-state index >= 15 is 0 Å². The lowest BCUT2D eigenvalue weighted by Gasteiger charge is -2.49. The lowest BCUT2D eigenvalue weighted by atomic mass is 9.90. The van der Waals surface area contributed by atoms with Crippen molar-refractivity contribution in [1.29, 1.82) is 0 Å². The van der Waals surface area contributed by atoms with E-state index in [1.54, 1.807) is 17.5 Å². The van der Waals surface area contributed by atoms with E-state index in [9.17, 15) is 29.1 Å². The van der Waals surface area contributed by atoms with Gasteiger partial charge in [-0.3, -0.25) is 24.1 Å². The Bertz CT molecular complexity index is 992. The van der Waals surface area contributed by atoms with Gasteiger partial charge in [-0.25, -0.2) is 4.79 Å². The van der Waals surface area contributed by atoms with Crippen molar-refractivity contribution in [3.8, 4) is 0 Å². The molecular formula is C21H22NO7PS3. The second-order valence-corrected chi connectivity index (χ2v) is 11.1. The summed E-state index contributed by atoms with van der Waals surface area (Å²) in [7, 11) is 0.743. The Labute approximate surface area is 205 Å². The van der Waals surface area contributed by atoms with Gasteiger partial charge >= 0.3 is 11.9 Å². The standard InChI is InChI=1S/C21H22NO7PS3/c23-13(6-7-30-31)3-1-5-17(25)29-10-12-11-33-20-14(9-15(24)16-4-2-8-32-16)19(26)22(20)18(12)21(27)28/h2,4,8,14,20H,1,3,5-7,9-11H2,(H,27,28). The second-order valence-electron chi connectivity index (χ2n) is 7.53. The Morgan fingerprint density at radius 1 is 1.24 bits per heavy atom. The molecule has 0 aromatic carbocycles. The van der Waals surface area contributed by atoms with Crippen LogP contribution in [0.15, 0.2) is 28.8 Å². The summed E-state index contributed by atoms with van der Waals surface area (Å²) in [5.41, 5.74) is 0.170. The number of esters is 1. The SMILES string of the molecule is O=C(CCCC(=O)OCC1=C(C(=O)O)N2C(=O)C(CC(=O)c3cccs3)C2SC1)CCP=S. The predicted molar refractivity (Wildman–Crippen MR) is 128 cm³/mol. The third-order valence-electron chi connectivity index (χ3n) is 5.29. The number of carbonyl (C=O) groups excluding carboxylic acids is 4. The Morgan fingerprint density at radius 2 is 2.03 bits per heavy atom. The zero-order valence-corrected chi connectivity index (χ0v) is 20.9. The zero-order valence-electron chi connectivity index (χ0n) is 17.6. The Kier molecular flexibility index (Phi) is 9.31. The average molecular weight is 528 g/mol. The number of ether oxygens (including phenoxy) is 1. The lowest BCUT2D eigenvalue weighted by Crippen LogP contribution is -2.62. The van der Waals surface area contributed by atoms with Crippen LogP contribution in [0.5, 0.6) is 0 Å². The van der Waals surface area contributed by atoms with Crippen LogP contribution < -0.4 is 0 Å². The highest BCUT2D eigenvalue weighted by Crippen LogP contribution is 2.45. The number of carbonyl (C=O) groups is 5. The molecule has 0 aliphatic carbocycles. The molecule has 2 atom stereocenters. The number of rotatable bonds is 13. The monoisotopic (exact) mass is 527 g/mol. The van der Waals surface area contributed by atoms with Gasteiger partial charge in [0.2, 0.25) is 5.91 Å². The fourth-order valence-electron chi connectivity index (χ4n) is 3.63. The summed E-state index contributed by atoms with van der Waals surface area (Å²) >= 11 is 7.45. The van der Waals surface area contributed by atoms with Gasteiger partial charge in [-0.2, -0.15) is 0 Å². The largest absolute Gasteiger partial charge is 0.477 e. The number of β-lactam (4-membered cyclic amide) rings is 1. The van der Waals surface area contributed by atoms with Crippen LogP contribution in [0.25, 0.3) is 0 Å². The van der Waals surface area contributed by atoms with Crippen LogP contribution in [0.3, 0.4) is 0 Å². The first-order valence-electron chi connectivity index (χ1n) is 10.3. The first-order chi connectivity index (χ1) is 15.8. The van der Waals surface area contributed by atoms with Crippen molar-refractivity contribution in [2.75, 3.05) is 18.5 Å². The van der Waals surface area contributed by atoms with Gasteiger partial charge in [0.05, 0.1) is 16.2 Å². The summed E-state index contributed by atoms with van der Waals surface area (Å²) in [6, 6.07) is 3.47. The van der Waals surface area contributed by atoms with Crippen LogP contribution in [0.4, 0.5) is 0 Å². The Hall–Kier alpha value is -1.94. The van der Waals surface area contributed by atoms with E-state index in [1.165, 1.54) is 28.0 Å². The number of fused-ring (bicyclic) bond motifs is 1. The molecule has 2 unspecified atom stereocenters. The van der Waals surface area contributed by atoms with Crippen molar-refractivity contribution in [1.82, 2.24) is 4.90 Å². The number of carboxylic acid groups (broad SMARTS) is 1. The van der Waals surface area contributed by atoms with Crippen molar-refractivity contribution >= 4 is 71.7 Å². The predicted octanol–water partition coefficient (Wildman–Crippen LogP) is 3.27. The molecule has 12 heteroatoms. The quantitative estimate of drug-likeness (QED) is 0.178. The van der Waals surface area contributed by atoms with Crippen molar-refractivity contribution in [2.45, 2.75) is 37.5 Å². The van der Waals surface area contributed by atoms with Crippen LogP contribution in [0, 0.1) is 5.92 Å². The van der Waals surface area contributed by atoms with E-state index in [1.807, 2.05) is 0 Å². The highest BCUT2D eigenvalue weighted by Gasteiger charge is 2.53. The van der Waals surface area contributed by atoms with E-state index in [-0.39, 0.29) is 48.9 Å². The van der Waals surface area contributed by atoms with Gasteiger partial charge < -0.3 is 9.84 Å². The topological polar surface area (TPSA) is 118 Å². The van der Waals surface area contributed by atoms with Crippen LogP contribution >= 0.6 is 30.5 Å². The molecule has 0 radical (unpaired) electrons. The van der Waals surface area contributed by atoms with Gasteiger partial charge in [-0.05, 0) is 25.2 Å². The van der Waals surface area contributed by atoms with Crippen molar-refractivity contribution in [2.24, 2.45) is 5.92 Å². The summed E-state index contributed by atoms with van der Waals surface area (Å²) < 4.78 is 5.21. The van der Waals surface area contributed by atoms with E-state index in [0.29, 0.717) is 29.5 Å². The number of carboxylic acids is 1.